The molecule has 1 aliphatic heterocycles. The standard InChI is InChI=1S/C20H25N3O4/c1-15(2)27-17-7-4-3-6-16(17)21-14-19(24)22-9-11-23(12-10-22)20(25)18-8-5-13-26-18/h3-8,13,15,21H,9-12,14H2,1-2H3. The molecule has 0 aliphatic carbocycles. The lowest BCUT2D eigenvalue weighted by Crippen LogP contribution is -2.51. The molecule has 27 heavy (non-hydrogen) atoms. The van der Waals surface area contributed by atoms with Gasteiger partial charge < -0.3 is 24.3 Å². The predicted octanol–water partition coefficient (Wildman–Crippen LogP) is 2.46. The summed E-state index contributed by atoms with van der Waals surface area (Å²) >= 11 is 0. The summed E-state index contributed by atoms with van der Waals surface area (Å²) in [7, 11) is 0. The Morgan fingerprint density at radius 2 is 1.78 bits per heavy atom. The largest absolute Gasteiger partial charge is 0.489 e. The molecule has 2 heterocycles. The maximum Gasteiger partial charge on any atom is 0.289 e. The number of rotatable bonds is 6. The molecule has 1 aromatic heterocycles. The van der Waals surface area contributed by atoms with Crippen LogP contribution in [0.5, 0.6) is 5.75 Å². The summed E-state index contributed by atoms with van der Waals surface area (Å²) in [5, 5.41) is 3.16. The van der Waals surface area contributed by atoms with E-state index in [9.17, 15) is 9.59 Å². The average Bonchev–Trinajstić information content (AvgIpc) is 3.21. The van der Waals surface area contributed by atoms with Crippen LogP contribution in [0, 0.1) is 0 Å². The fourth-order valence-electron chi connectivity index (χ4n) is 2.97. The molecule has 1 aromatic carbocycles. The Morgan fingerprint density at radius 1 is 1.07 bits per heavy atom. The van der Waals surface area contributed by atoms with Gasteiger partial charge in [-0.3, -0.25) is 9.59 Å². The Bertz CT molecular complexity index is 765. The number of hydrogen-bond donors (Lipinski definition) is 1. The lowest BCUT2D eigenvalue weighted by Gasteiger charge is -2.34. The Balaban J connectivity index is 1.50. The molecular formula is C20H25N3O4. The highest BCUT2D eigenvalue weighted by Gasteiger charge is 2.25. The van der Waals surface area contributed by atoms with E-state index in [1.807, 2.05) is 38.1 Å². The van der Waals surface area contributed by atoms with Crippen LogP contribution >= 0.6 is 0 Å². The molecule has 7 nitrogen and oxygen atoms in total. The molecule has 0 spiro atoms. The first kappa shape index (κ1) is 18.8. The third-order valence-electron chi connectivity index (χ3n) is 4.33. The number of benzene rings is 1. The number of nitrogens with one attached hydrogen (secondary N) is 1. The molecule has 2 amide bonds. The smallest absolute Gasteiger partial charge is 0.289 e. The topological polar surface area (TPSA) is 75.0 Å². The summed E-state index contributed by atoms with van der Waals surface area (Å²) in [6.45, 7) is 6.13. The van der Waals surface area contributed by atoms with Gasteiger partial charge in [0.25, 0.3) is 5.91 Å². The van der Waals surface area contributed by atoms with E-state index in [2.05, 4.69) is 5.32 Å². The van der Waals surface area contributed by atoms with Crippen molar-refractivity contribution < 1.29 is 18.7 Å². The van der Waals surface area contributed by atoms with Crippen LogP contribution in [0.2, 0.25) is 0 Å². The second-order valence-electron chi connectivity index (χ2n) is 6.67. The Kier molecular flexibility index (Phi) is 6.01. The zero-order valence-corrected chi connectivity index (χ0v) is 15.7. The van der Waals surface area contributed by atoms with E-state index < -0.39 is 0 Å². The lowest BCUT2D eigenvalue weighted by molar-refractivity contribution is -0.130. The highest BCUT2D eigenvalue weighted by molar-refractivity contribution is 5.91. The molecule has 2 aromatic rings. The molecule has 1 saturated heterocycles. The maximum absolute atomic E-state index is 12.5. The van der Waals surface area contributed by atoms with Gasteiger partial charge >= 0.3 is 0 Å². The average molecular weight is 371 g/mol. The number of anilines is 1. The highest BCUT2D eigenvalue weighted by Crippen LogP contribution is 2.24. The SMILES string of the molecule is CC(C)Oc1ccccc1NCC(=O)N1CCN(C(=O)c2ccco2)CC1. The Morgan fingerprint density at radius 3 is 2.44 bits per heavy atom. The number of hydrogen-bond acceptors (Lipinski definition) is 5. The van der Waals surface area contributed by atoms with Crippen molar-refractivity contribution in [3.05, 3.63) is 48.4 Å². The van der Waals surface area contributed by atoms with Crippen LogP contribution in [0.1, 0.15) is 24.4 Å². The van der Waals surface area contributed by atoms with Crippen molar-refractivity contribution in [2.45, 2.75) is 20.0 Å². The monoisotopic (exact) mass is 371 g/mol. The molecule has 1 fully saturated rings. The van der Waals surface area contributed by atoms with Crippen molar-refractivity contribution in [1.29, 1.82) is 0 Å². The lowest BCUT2D eigenvalue weighted by atomic mass is 10.2. The van der Waals surface area contributed by atoms with E-state index in [0.717, 1.165) is 11.4 Å². The van der Waals surface area contributed by atoms with E-state index in [4.69, 9.17) is 9.15 Å². The van der Waals surface area contributed by atoms with E-state index >= 15 is 0 Å². The van der Waals surface area contributed by atoms with Gasteiger partial charge in [-0.25, -0.2) is 0 Å². The first-order valence-electron chi connectivity index (χ1n) is 9.14. The van der Waals surface area contributed by atoms with Crippen LogP contribution in [-0.2, 0) is 4.79 Å². The first-order chi connectivity index (χ1) is 13.0. The zero-order valence-electron chi connectivity index (χ0n) is 15.7. The fraction of sp³-hybridized carbons (Fsp3) is 0.400. The molecule has 0 radical (unpaired) electrons. The second-order valence-corrected chi connectivity index (χ2v) is 6.67. The predicted molar refractivity (Wildman–Crippen MR) is 102 cm³/mol. The minimum Gasteiger partial charge on any atom is -0.489 e. The van der Waals surface area contributed by atoms with Gasteiger partial charge in [-0.1, -0.05) is 12.1 Å². The molecule has 1 aliphatic rings. The van der Waals surface area contributed by atoms with Gasteiger partial charge in [-0.2, -0.15) is 0 Å². The third-order valence-corrected chi connectivity index (χ3v) is 4.33. The van der Waals surface area contributed by atoms with Gasteiger partial charge in [0.15, 0.2) is 5.76 Å². The van der Waals surface area contributed by atoms with Crippen molar-refractivity contribution in [2.75, 3.05) is 38.0 Å². The Hall–Kier alpha value is -2.96. The van der Waals surface area contributed by atoms with E-state index in [1.54, 1.807) is 21.9 Å². The summed E-state index contributed by atoms with van der Waals surface area (Å²) < 4.78 is 10.9. The second kappa shape index (κ2) is 8.62. The molecule has 3 rings (SSSR count). The number of carbonyl (C=O) groups excluding carboxylic acids is 2. The molecule has 0 atom stereocenters. The minimum absolute atomic E-state index is 0.000511. The van der Waals surface area contributed by atoms with Crippen LogP contribution in [0.4, 0.5) is 5.69 Å². The quantitative estimate of drug-likeness (QED) is 0.844. The van der Waals surface area contributed by atoms with E-state index in [-0.39, 0.29) is 24.5 Å². The number of piperazine rings is 1. The molecule has 144 valence electrons. The third kappa shape index (κ3) is 4.81. The van der Waals surface area contributed by atoms with Crippen molar-refractivity contribution in [1.82, 2.24) is 9.80 Å². The number of furan rings is 1. The van der Waals surface area contributed by atoms with Crippen molar-refractivity contribution in [3.63, 3.8) is 0 Å². The van der Waals surface area contributed by atoms with Gasteiger partial charge in [0.2, 0.25) is 5.91 Å². The van der Waals surface area contributed by atoms with Crippen molar-refractivity contribution in [2.24, 2.45) is 0 Å². The molecule has 0 saturated carbocycles. The van der Waals surface area contributed by atoms with Gasteiger partial charge in [0, 0.05) is 26.2 Å². The van der Waals surface area contributed by atoms with E-state index in [1.165, 1.54) is 6.26 Å². The summed E-state index contributed by atoms with van der Waals surface area (Å²) in [6, 6.07) is 10.9. The number of amides is 2. The van der Waals surface area contributed by atoms with Crippen LogP contribution in [0.25, 0.3) is 0 Å². The summed E-state index contributed by atoms with van der Waals surface area (Å²) in [4.78, 5) is 28.3. The van der Waals surface area contributed by atoms with Gasteiger partial charge in [-0.05, 0) is 38.1 Å². The Labute approximate surface area is 158 Å². The highest BCUT2D eigenvalue weighted by atomic mass is 16.5. The van der Waals surface area contributed by atoms with Crippen molar-refractivity contribution in [3.8, 4) is 5.75 Å². The maximum atomic E-state index is 12.5. The van der Waals surface area contributed by atoms with Gasteiger partial charge in [0.1, 0.15) is 5.75 Å². The number of nitrogens with zero attached hydrogens (tertiary/aromatic N) is 2. The molecular weight excluding hydrogens is 346 g/mol. The summed E-state index contributed by atoms with van der Waals surface area (Å²) in [5.74, 6) is 0.928. The van der Waals surface area contributed by atoms with Crippen LogP contribution in [0.3, 0.4) is 0 Å². The molecule has 1 N–H and O–H groups in total. The van der Waals surface area contributed by atoms with Crippen LogP contribution in [0.15, 0.2) is 47.1 Å². The number of ether oxygens (including phenoxy) is 1. The minimum atomic E-state index is -0.134. The summed E-state index contributed by atoms with van der Waals surface area (Å²) in [5.41, 5.74) is 0.797. The molecule has 7 heteroatoms. The first-order valence-corrected chi connectivity index (χ1v) is 9.14. The number of para-hydroxylation sites is 2. The van der Waals surface area contributed by atoms with Crippen molar-refractivity contribution >= 4 is 17.5 Å². The molecule has 0 unspecified atom stereocenters. The molecule has 0 bridgehead atoms. The van der Waals surface area contributed by atoms with Gasteiger partial charge in [-0.15, -0.1) is 0 Å². The summed E-state index contributed by atoms with van der Waals surface area (Å²) in [6.07, 6.45) is 1.54. The zero-order chi connectivity index (χ0) is 19.2. The van der Waals surface area contributed by atoms with Gasteiger partial charge in [0.05, 0.1) is 24.6 Å². The van der Waals surface area contributed by atoms with Crippen LogP contribution < -0.4 is 10.1 Å². The van der Waals surface area contributed by atoms with E-state index in [0.29, 0.717) is 31.9 Å². The number of carbonyl (C=O) groups is 2. The normalized spacial score (nSPS) is 14.3. The van der Waals surface area contributed by atoms with Crippen LogP contribution in [-0.4, -0.2) is 60.4 Å². The fourth-order valence-corrected chi connectivity index (χ4v) is 2.97.